The van der Waals surface area contributed by atoms with E-state index in [1.54, 1.807) is 4.90 Å². The Morgan fingerprint density at radius 2 is 1.56 bits per heavy atom. The second-order valence-corrected chi connectivity index (χ2v) is 9.23. The first-order valence-corrected chi connectivity index (χ1v) is 11.6. The molecule has 4 atom stereocenters. The van der Waals surface area contributed by atoms with E-state index in [0.29, 0.717) is 0 Å². The van der Waals surface area contributed by atoms with E-state index in [1.165, 1.54) is 4.90 Å². The first-order chi connectivity index (χ1) is 15.5. The fraction of sp³-hybridized carbons (Fsp3) is 0.423. The maximum atomic E-state index is 13.4. The Morgan fingerprint density at radius 1 is 0.938 bits per heavy atom. The second kappa shape index (κ2) is 8.41. The molecule has 0 unspecified atom stereocenters. The van der Waals surface area contributed by atoms with Gasteiger partial charge < -0.3 is 10.2 Å². The molecule has 5 rings (SSSR count). The Morgan fingerprint density at radius 3 is 2.25 bits per heavy atom. The summed E-state index contributed by atoms with van der Waals surface area (Å²) in [7, 11) is 0. The van der Waals surface area contributed by atoms with Crippen LogP contribution < -0.4 is 10.2 Å². The zero-order valence-electron chi connectivity index (χ0n) is 18.4. The first kappa shape index (κ1) is 20.7. The Kier molecular flexibility index (Phi) is 5.45. The largest absolute Gasteiger partial charge is 0.378 e. The van der Waals surface area contributed by atoms with E-state index in [1.807, 2.05) is 61.5 Å². The standard InChI is InChI=1S/C26H29N3O3/c1-17-15-22(27-18-9-3-2-4-10-18)21-13-7-8-14-23(21)29(17)24(30)16-28-25(31)19-11-5-6-12-20(19)26(28)32/h2-4,7-10,13-14,17,19-20,22,27H,5-6,11-12,15-16H2,1H3/t17-,19+,20+,22+/m1/s1. The van der Waals surface area contributed by atoms with E-state index < -0.39 is 0 Å². The fourth-order valence-electron chi connectivity index (χ4n) is 5.66. The topological polar surface area (TPSA) is 69.7 Å². The summed E-state index contributed by atoms with van der Waals surface area (Å²) in [5.74, 6) is -0.961. The Hall–Kier alpha value is -3.15. The van der Waals surface area contributed by atoms with Gasteiger partial charge in [0.2, 0.25) is 17.7 Å². The highest BCUT2D eigenvalue weighted by molar-refractivity contribution is 6.09. The molecule has 1 aliphatic carbocycles. The van der Waals surface area contributed by atoms with E-state index in [9.17, 15) is 14.4 Å². The number of imide groups is 1. The van der Waals surface area contributed by atoms with Crippen LogP contribution in [-0.4, -0.2) is 35.2 Å². The average molecular weight is 432 g/mol. The number of hydrogen-bond acceptors (Lipinski definition) is 4. The molecule has 2 aromatic rings. The van der Waals surface area contributed by atoms with E-state index in [0.717, 1.165) is 49.0 Å². The molecule has 2 aliphatic heterocycles. The summed E-state index contributed by atoms with van der Waals surface area (Å²) in [4.78, 5) is 42.2. The summed E-state index contributed by atoms with van der Waals surface area (Å²) in [5.41, 5.74) is 2.94. The van der Waals surface area contributed by atoms with Crippen LogP contribution in [0.5, 0.6) is 0 Å². The van der Waals surface area contributed by atoms with Gasteiger partial charge in [0.05, 0.1) is 17.9 Å². The van der Waals surface area contributed by atoms with Crippen molar-refractivity contribution in [2.45, 2.75) is 51.1 Å². The van der Waals surface area contributed by atoms with Crippen molar-refractivity contribution in [1.82, 2.24) is 4.90 Å². The zero-order valence-corrected chi connectivity index (χ0v) is 18.4. The Balaban J connectivity index is 1.38. The van der Waals surface area contributed by atoms with Crippen molar-refractivity contribution in [3.05, 3.63) is 60.2 Å². The van der Waals surface area contributed by atoms with Crippen molar-refractivity contribution < 1.29 is 14.4 Å². The van der Waals surface area contributed by atoms with Crippen LogP contribution in [0.1, 0.15) is 50.6 Å². The minimum atomic E-state index is -0.227. The molecule has 0 spiro atoms. The van der Waals surface area contributed by atoms with Gasteiger partial charge in [-0.3, -0.25) is 19.3 Å². The van der Waals surface area contributed by atoms with Crippen LogP contribution in [0.3, 0.4) is 0 Å². The molecule has 2 fully saturated rings. The van der Waals surface area contributed by atoms with Crippen LogP contribution in [0.15, 0.2) is 54.6 Å². The van der Waals surface area contributed by atoms with E-state index in [4.69, 9.17) is 0 Å². The number of anilines is 2. The van der Waals surface area contributed by atoms with Gasteiger partial charge in [-0.15, -0.1) is 0 Å². The SMILES string of the molecule is C[C@@H]1C[C@H](Nc2ccccc2)c2ccccc2N1C(=O)CN1C(=O)[C@H]2CCCC[C@@H]2C1=O. The van der Waals surface area contributed by atoms with Crippen molar-refractivity contribution >= 4 is 29.1 Å². The number of amides is 3. The van der Waals surface area contributed by atoms with Gasteiger partial charge >= 0.3 is 0 Å². The number of carbonyl (C=O) groups is 3. The number of likely N-dealkylation sites (tertiary alicyclic amines) is 1. The van der Waals surface area contributed by atoms with Crippen molar-refractivity contribution in [2.75, 3.05) is 16.8 Å². The Bertz CT molecular complexity index is 1010. The number of nitrogens with one attached hydrogen (secondary N) is 1. The van der Waals surface area contributed by atoms with E-state index in [2.05, 4.69) is 5.32 Å². The van der Waals surface area contributed by atoms with E-state index >= 15 is 0 Å². The van der Waals surface area contributed by atoms with Gasteiger partial charge in [-0.1, -0.05) is 49.2 Å². The van der Waals surface area contributed by atoms with Crippen LogP contribution >= 0.6 is 0 Å². The van der Waals surface area contributed by atoms with Crippen molar-refractivity contribution in [3.8, 4) is 0 Å². The highest BCUT2D eigenvalue weighted by atomic mass is 16.2. The molecule has 6 nitrogen and oxygen atoms in total. The maximum Gasteiger partial charge on any atom is 0.247 e. The van der Waals surface area contributed by atoms with Crippen LogP contribution in [-0.2, 0) is 14.4 Å². The summed E-state index contributed by atoms with van der Waals surface area (Å²) >= 11 is 0. The molecule has 6 heteroatoms. The summed E-state index contributed by atoms with van der Waals surface area (Å²) in [5, 5.41) is 3.59. The van der Waals surface area contributed by atoms with Crippen LogP contribution in [0.4, 0.5) is 11.4 Å². The third-order valence-corrected chi connectivity index (χ3v) is 7.20. The number of fused-ring (bicyclic) bond motifs is 2. The highest BCUT2D eigenvalue weighted by Crippen LogP contribution is 2.40. The van der Waals surface area contributed by atoms with Gasteiger partial charge in [0.25, 0.3) is 0 Å². The molecule has 1 saturated carbocycles. The summed E-state index contributed by atoms with van der Waals surface area (Å²) in [6, 6.07) is 18.0. The molecule has 2 aromatic carbocycles. The number of hydrogen-bond donors (Lipinski definition) is 1. The molecule has 32 heavy (non-hydrogen) atoms. The van der Waals surface area contributed by atoms with Crippen LogP contribution in [0.2, 0.25) is 0 Å². The molecule has 0 aromatic heterocycles. The summed E-state index contributed by atoms with van der Waals surface area (Å²) in [6.07, 6.45) is 4.22. The molecule has 3 amide bonds. The molecular formula is C26H29N3O3. The molecular weight excluding hydrogens is 402 g/mol. The van der Waals surface area contributed by atoms with E-state index in [-0.39, 0.29) is 48.2 Å². The molecule has 0 radical (unpaired) electrons. The normalized spacial score (nSPS) is 27.2. The molecule has 1 N–H and O–H groups in total. The highest BCUT2D eigenvalue weighted by Gasteiger charge is 2.49. The molecule has 166 valence electrons. The zero-order chi connectivity index (χ0) is 22.2. The average Bonchev–Trinajstić information content (AvgIpc) is 3.05. The van der Waals surface area contributed by atoms with Gasteiger partial charge in [-0.05, 0) is 49.9 Å². The quantitative estimate of drug-likeness (QED) is 0.739. The van der Waals surface area contributed by atoms with Gasteiger partial charge in [0.15, 0.2) is 0 Å². The molecule has 0 bridgehead atoms. The fourth-order valence-corrected chi connectivity index (χ4v) is 5.66. The van der Waals surface area contributed by atoms with Gasteiger partial charge in [0.1, 0.15) is 6.54 Å². The number of rotatable bonds is 4. The lowest BCUT2D eigenvalue weighted by Crippen LogP contribution is -2.49. The van der Waals surface area contributed by atoms with Gasteiger partial charge in [0, 0.05) is 17.4 Å². The van der Waals surface area contributed by atoms with Crippen molar-refractivity contribution in [3.63, 3.8) is 0 Å². The first-order valence-electron chi connectivity index (χ1n) is 11.6. The minimum Gasteiger partial charge on any atom is -0.378 e. The molecule has 1 saturated heterocycles. The lowest BCUT2D eigenvalue weighted by atomic mass is 9.81. The number of nitrogens with zero attached hydrogens (tertiary/aromatic N) is 2. The van der Waals surface area contributed by atoms with Crippen LogP contribution in [0, 0.1) is 11.8 Å². The smallest absolute Gasteiger partial charge is 0.247 e. The molecule has 2 heterocycles. The lowest BCUT2D eigenvalue weighted by molar-refractivity contribution is -0.143. The predicted octanol–water partition coefficient (Wildman–Crippen LogP) is 4.14. The second-order valence-electron chi connectivity index (χ2n) is 9.23. The number of benzene rings is 2. The van der Waals surface area contributed by atoms with Crippen molar-refractivity contribution in [2.24, 2.45) is 11.8 Å². The summed E-state index contributed by atoms with van der Waals surface area (Å²) < 4.78 is 0. The third-order valence-electron chi connectivity index (χ3n) is 7.20. The Labute approximate surface area is 188 Å². The minimum absolute atomic E-state index is 0.0614. The van der Waals surface area contributed by atoms with Gasteiger partial charge in [-0.2, -0.15) is 0 Å². The number of carbonyl (C=O) groups excluding carboxylic acids is 3. The maximum absolute atomic E-state index is 13.4. The number of para-hydroxylation sites is 2. The van der Waals surface area contributed by atoms with Gasteiger partial charge in [-0.25, -0.2) is 0 Å². The van der Waals surface area contributed by atoms with Crippen molar-refractivity contribution in [1.29, 1.82) is 0 Å². The summed E-state index contributed by atoms with van der Waals surface area (Å²) in [6.45, 7) is 1.86. The predicted molar refractivity (Wildman–Crippen MR) is 123 cm³/mol. The monoisotopic (exact) mass is 431 g/mol. The third kappa shape index (κ3) is 3.57. The van der Waals surface area contributed by atoms with Crippen LogP contribution in [0.25, 0.3) is 0 Å². The lowest BCUT2D eigenvalue weighted by Gasteiger charge is -2.40. The molecule has 3 aliphatic rings.